The van der Waals surface area contributed by atoms with Crippen molar-refractivity contribution in [3.8, 4) is 17.6 Å². The molecular weight excluding hydrogens is 360 g/mol. The van der Waals surface area contributed by atoms with E-state index < -0.39 is 0 Å². The molecule has 9 nitrogen and oxygen atoms in total. The summed E-state index contributed by atoms with van der Waals surface area (Å²) < 4.78 is 11.0. The van der Waals surface area contributed by atoms with Crippen LogP contribution in [0.5, 0.6) is 11.5 Å². The number of hydrogen-bond donors (Lipinski definition) is 2. The van der Waals surface area contributed by atoms with Crippen LogP contribution in [0, 0.1) is 11.3 Å². The summed E-state index contributed by atoms with van der Waals surface area (Å²) in [5.41, 5.74) is 1.98. The number of anilines is 1. The molecule has 1 aliphatic rings. The Kier molecular flexibility index (Phi) is 4.67. The molecule has 3 aromatic rings. The molecule has 0 amide bonds. The molecule has 4 rings (SSSR count). The van der Waals surface area contributed by atoms with Crippen LogP contribution >= 0.6 is 0 Å². The summed E-state index contributed by atoms with van der Waals surface area (Å²) in [7, 11) is 0. The molecule has 28 heavy (non-hydrogen) atoms. The molecule has 0 radical (unpaired) electrons. The maximum Gasteiger partial charge on any atom is 0.216 e. The summed E-state index contributed by atoms with van der Waals surface area (Å²) in [5.74, 6) is 1.29. The quantitative estimate of drug-likeness (QED) is 0.514. The number of nitrogens with one attached hydrogen (secondary N) is 2. The number of H-pyrrole nitrogens is 1. The fourth-order valence-corrected chi connectivity index (χ4v) is 2.65. The SMILES string of the molecule is N#CC(=CNc1ccc(C(=O)c2ccc3c(c2)OCCO3)cc1)c1nn[nH]n1. The lowest BCUT2D eigenvalue weighted by Gasteiger charge is -2.18. The van der Waals surface area contributed by atoms with E-state index in [2.05, 4.69) is 25.9 Å². The number of ether oxygens (including phenoxy) is 2. The van der Waals surface area contributed by atoms with Gasteiger partial charge in [-0.3, -0.25) is 4.79 Å². The van der Waals surface area contributed by atoms with E-state index in [-0.39, 0.29) is 17.2 Å². The van der Waals surface area contributed by atoms with Crippen LogP contribution < -0.4 is 14.8 Å². The minimum absolute atomic E-state index is 0.122. The van der Waals surface area contributed by atoms with Crippen LogP contribution in [0.15, 0.2) is 48.7 Å². The zero-order valence-electron chi connectivity index (χ0n) is 14.5. The molecule has 2 aromatic carbocycles. The van der Waals surface area contributed by atoms with Crippen molar-refractivity contribution >= 4 is 17.0 Å². The molecule has 9 heteroatoms. The molecule has 0 unspecified atom stereocenters. The molecule has 0 bridgehead atoms. The molecule has 0 fully saturated rings. The second-order valence-corrected chi connectivity index (χ2v) is 5.81. The van der Waals surface area contributed by atoms with Gasteiger partial charge in [0, 0.05) is 23.0 Å². The van der Waals surface area contributed by atoms with Gasteiger partial charge in [-0.05, 0) is 47.7 Å². The summed E-state index contributed by atoms with van der Waals surface area (Å²) in [6.07, 6.45) is 1.47. The van der Waals surface area contributed by atoms with Gasteiger partial charge in [-0.25, -0.2) is 0 Å². The first kappa shape index (κ1) is 17.2. The lowest BCUT2D eigenvalue weighted by Crippen LogP contribution is -2.15. The zero-order valence-corrected chi connectivity index (χ0v) is 14.5. The largest absolute Gasteiger partial charge is 0.486 e. The summed E-state index contributed by atoms with van der Waals surface area (Å²) in [4.78, 5) is 12.7. The average molecular weight is 374 g/mol. The van der Waals surface area contributed by atoms with Gasteiger partial charge in [-0.15, -0.1) is 10.2 Å². The van der Waals surface area contributed by atoms with Gasteiger partial charge in [-0.2, -0.15) is 10.5 Å². The minimum Gasteiger partial charge on any atom is -0.486 e. The fraction of sp³-hybridized carbons (Fsp3) is 0.105. The number of benzene rings is 2. The Balaban J connectivity index is 1.49. The van der Waals surface area contributed by atoms with Gasteiger partial charge >= 0.3 is 0 Å². The highest BCUT2D eigenvalue weighted by molar-refractivity contribution is 6.09. The Hall–Kier alpha value is -4.19. The normalized spacial score (nSPS) is 12.9. The molecule has 0 saturated carbocycles. The van der Waals surface area contributed by atoms with Crippen molar-refractivity contribution in [1.82, 2.24) is 20.6 Å². The van der Waals surface area contributed by atoms with E-state index in [1.54, 1.807) is 42.5 Å². The molecule has 1 aromatic heterocycles. The van der Waals surface area contributed by atoms with Crippen LogP contribution in [0.3, 0.4) is 0 Å². The van der Waals surface area contributed by atoms with Gasteiger partial charge < -0.3 is 14.8 Å². The summed E-state index contributed by atoms with van der Waals surface area (Å²) in [6.45, 7) is 0.969. The molecule has 2 N–H and O–H groups in total. The molecule has 0 spiro atoms. The number of hydrogen-bond acceptors (Lipinski definition) is 8. The van der Waals surface area contributed by atoms with Crippen molar-refractivity contribution in [1.29, 1.82) is 5.26 Å². The number of tetrazole rings is 1. The van der Waals surface area contributed by atoms with Gasteiger partial charge in [0.05, 0.1) is 0 Å². The Labute approximate surface area is 159 Å². The third-order valence-electron chi connectivity index (χ3n) is 4.04. The van der Waals surface area contributed by atoms with E-state index in [1.807, 2.05) is 6.07 Å². The molecule has 0 saturated heterocycles. The van der Waals surface area contributed by atoms with Crippen LogP contribution in [0.4, 0.5) is 5.69 Å². The van der Waals surface area contributed by atoms with E-state index in [4.69, 9.17) is 14.7 Å². The molecular formula is C19H14N6O3. The number of nitrogens with zero attached hydrogens (tertiary/aromatic N) is 4. The van der Waals surface area contributed by atoms with Gasteiger partial charge in [0.25, 0.3) is 0 Å². The predicted molar refractivity (Wildman–Crippen MR) is 98.7 cm³/mol. The van der Waals surface area contributed by atoms with E-state index >= 15 is 0 Å². The number of aromatic amines is 1. The van der Waals surface area contributed by atoms with Crippen molar-refractivity contribution in [2.75, 3.05) is 18.5 Å². The summed E-state index contributed by atoms with van der Waals surface area (Å²) >= 11 is 0. The smallest absolute Gasteiger partial charge is 0.216 e. The fourth-order valence-electron chi connectivity index (χ4n) is 2.65. The number of rotatable bonds is 5. The van der Waals surface area contributed by atoms with Crippen LogP contribution in [-0.2, 0) is 0 Å². The van der Waals surface area contributed by atoms with Crippen LogP contribution in [0.2, 0.25) is 0 Å². The maximum atomic E-state index is 12.7. The van der Waals surface area contributed by atoms with E-state index in [0.29, 0.717) is 41.5 Å². The highest BCUT2D eigenvalue weighted by Crippen LogP contribution is 2.31. The van der Waals surface area contributed by atoms with E-state index in [0.717, 1.165) is 0 Å². The Morgan fingerprint density at radius 2 is 1.86 bits per heavy atom. The maximum absolute atomic E-state index is 12.7. The third kappa shape index (κ3) is 3.52. The molecule has 0 atom stereocenters. The first-order chi connectivity index (χ1) is 13.7. The van der Waals surface area contributed by atoms with Crippen molar-refractivity contribution in [3.05, 3.63) is 65.6 Å². The monoisotopic (exact) mass is 374 g/mol. The molecule has 1 aliphatic heterocycles. The summed E-state index contributed by atoms with van der Waals surface area (Å²) in [5, 5.41) is 25.4. The highest BCUT2D eigenvalue weighted by Gasteiger charge is 2.16. The number of fused-ring (bicyclic) bond motifs is 1. The van der Waals surface area contributed by atoms with Crippen molar-refractivity contribution in [3.63, 3.8) is 0 Å². The second-order valence-electron chi connectivity index (χ2n) is 5.81. The number of carbonyl (C=O) groups excluding carboxylic acids is 1. The van der Waals surface area contributed by atoms with Gasteiger partial charge in [0.1, 0.15) is 24.9 Å². The van der Waals surface area contributed by atoms with Crippen molar-refractivity contribution in [2.45, 2.75) is 0 Å². The minimum atomic E-state index is -0.122. The van der Waals surface area contributed by atoms with Crippen molar-refractivity contribution < 1.29 is 14.3 Å². The van der Waals surface area contributed by atoms with E-state index in [9.17, 15) is 4.79 Å². The van der Waals surface area contributed by atoms with Crippen LogP contribution in [-0.4, -0.2) is 39.6 Å². The van der Waals surface area contributed by atoms with Gasteiger partial charge in [0.2, 0.25) is 5.82 Å². The second kappa shape index (κ2) is 7.59. The van der Waals surface area contributed by atoms with Crippen molar-refractivity contribution in [2.24, 2.45) is 0 Å². The molecule has 0 aliphatic carbocycles. The third-order valence-corrected chi connectivity index (χ3v) is 4.04. The average Bonchev–Trinajstić information content (AvgIpc) is 3.28. The Morgan fingerprint density at radius 3 is 2.57 bits per heavy atom. The Morgan fingerprint density at radius 1 is 1.11 bits per heavy atom. The van der Waals surface area contributed by atoms with Gasteiger partial charge in [0.15, 0.2) is 17.3 Å². The zero-order chi connectivity index (χ0) is 19.3. The van der Waals surface area contributed by atoms with Crippen LogP contribution in [0.1, 0.15) is 21.7 Å². The standard InChI is InChI=1S/C19H14N6O3/c20-10-14(19-22-24-25-23-19)11-21-15-4-1-12(2-5-15)18(26)13-3-6-16-17(9-13)28-8-7-27-16/h1-6,9,11,21H,7-8H2,(H,22,23,24,25). The lowest BCUT2D eigenvalue weighted by molar-refractivity contribution is 0.103. The number of nitriles is 1. The summed E-state index contributed by atoms with van der Waals surface area (Å²) in [6, 6.07) is 14.0. The predicted octanol–water partition coefficient (Wildman–Crippen LogP) is 2.18. The molecule has 138 valence electrons. The topological polar surface area (TPSA) is 126 Å². The Bertz CT molecular complexity index is 1070. The van der Waals surface area contributed by atoms with E-state index in [1.165, 1.54) is 6.20 Å². The number of allylic oxidation sites excluding steroid dienone is 1. The number of ketones is 1. The van der Waals surface area contributed by atoms with Gasteiger partial charge in [-0.1, -0.05) is 0 Å². The van der Waals surface area contributed by atoms with Crippen LogP contribution in [0.25, 0.3) is 5.57 Å². The number of carbonyl (C=O) groups is 1. The lowest BCUT2D eigenvalue weighted by atomic mass is 10.0. The first-order valence-corrected chi connectivity index (χ1v) is 8.39. The highest BCUT2D eigenvalue weighted by atomic mass is 16.6. The molecule has 2 heterocycles. The first-order valence-electron chi connectivity index (χ1n) is 8.39. The number of aromatic nitrogens is 4.